The van der Waals surface area contributed by atoms with Crippen LogP contribution in [0.15, 0.2) is 12.1 Å². The number of benzene rings is 1. The molecule has 3 aliphatic heterocycles. The average molecular weight is 360 g/mol. The quantitative estimate of drug-likeness (QED) is 0.808. The number of ether oxygens (including phenoxy) is 1. The van der Waals surface area contributed by atoms with Crippen LogP contribution in [0.4, 0.5) is 0 Å². The number of rotatable bonds is 5. The maximum Gasteiger partial charge on any atom is 0.236 e. The molecule has 1 aromatic rings. The smallest absolute Gasteiger partial charge is 0.236 e. The number of carbonyl (C=O) groups excluding carboxylic acids is 1. The topological polar surface area (TPSA) is 36.0 Å². The lowest BCUT2D eigenvalue weighted by Crippen LogP contribution is -2.44. The second-order valence-electron chi connectivity index (χ2n) is 8.26. The molecule has 3 saturated heterocycles. The fourth-order valence-corrected chi connectivity index (χ4v) is 4.39. The SMILES string of the molecule is COc1cc(C)c(CN2C[C@@H]3CC[C@H]2CN(CC(=O)N(C)C)C3)cc1C. The average Bonchev–Trinajstić information content (AvgIpc) is 2.88. The van der Waals surface area contributed by atoms with Gasteiger partial charge in [-0.05, 0) is 55.4 Å². The Kier molecular flexibility index (Phi) is 5.88. The second-order valence-corrected chi connectivity index (χ2v) is 8.26. The van der Waals surface area contributed by atoms with Crippen LogP contribution in [0.3, 0.4) is 0 Å². The van der Waals surface area contributed by atoms with Gasteiger partial charge in [-0.1, -0.05) is 6.07 Å². The summed E-state index contributed by atoms with van der Waals surface area (Å²) < 4.78 is 5.45. The van der Waals surface area contributed by atoms with Crippen molar-refractivity contribution in [3.05, 3.63) is 28.8 Å². The first-order valence-electron chi connectivity index (χ1n) is 9.68. The van der Waals surface area contributed by atoms with Gasteiger partial charge in [0.25, 0.3) is 0 Å². The van der Waals surface area contributed by atoms with Crippen molar-refractivity contribution in [2.24, 2.45) is 5.92 Å². The summed E-state index contributed by atoms with van der Waals surface area (Å²) in [5.41, 5.74) is 3.89. The maximum absolute atomic E-state index is 12.1. The number of nitrogens with zero attached hydrogens (tertiary/aromatic N) is 3. The Morgan fingerprint density at radius 2 is 1.92 bits per heavy atom. The first-order chi connectivity index (χ1) is 12.4. The lowest BCUT2D eigenvalue weighted by molar-refractivity contribution is -0.130. The van der Waals surface area contributed by atoms with E-state index in [1.807, 2.05) is 14.1 Å². The van der Waals surface area contributed by atoms with Crippen LogP contribution >= 0.6 is 0 Å². The molecule has 0 saturated carbocycles. The van der Waals surface area contributed by atoms with Crippen LogP contribution in [0, 0.1) is 19.8 Å². The van der Waals surface area contributed by atoms with Crippen LogP contribution in [0.25, 0.3) is 0 Å². The molecule has 3 aliphatic rings. The van der Waals surface area contributed by atoms with Crippen molar-refractivity contribution < 1.29 is 9.53 Å². The van der Waals surface area contributed by atoms with Crippen molar-refractivity contribution in [3.63, 3.8) is 0 Å². The van der Waals surface area contributed by atoms with Gasteiger partial charge in [0, 0.05) is 46.3 Å². The molecule has 2 bridgehead atoms. The van der Waals surface area contributed by atoms with Crippen LogP contribution in [0.2, 0.25) is 0 Å². The molecular weight excluding hydrogens is 326 g/mol. The molecule has 1 aromatic carbocycles. The molecule has 26 heavy (non-hydrogen) atoms. The lowest BCUT2D eigenvalue weighted by Gasteiger charge is -2.36. The molecular formula is C21H33N3O2. The summed E-state index contributed by atoms with van der Waals surface area (Å²) in [7, 11) is 5.42. The Bertz CT molecular complexity index is 659. The molecule has 5 heteroatoms. The van der Waals surface area contributed by atoms with E-state index in [2.05, 4.69) is 35.8 Å². The predicted octanol–water partition coefficient (Wildman–Crippen LogP) is 2.30. The standard InChI is InChI=1S/C21H33N3O2/c1-15-9-20(26-5)16(2)8-18(15)12-24-11-17-6-7-19(24)13-23(10-17)14-21(25)22(3)4/h8-9,17,19H,6-7,10-14H2,1-5H3/t17-,19+/m1/s1. The molecule has 0 N–H and O–H groups in total. The van der Waals surface area contributed by atoms with Crippen molar-refractivity contribution in [1.82, 2.24) is 14.7 Å². The maximum atomic E-state index is 12.1. The van der Waals surface area contributed by atoms with E-state index in [1.165, 1.54) is 29.5 Å². The highest BCUT2D eigenvalue weighted by atomic mass is 16.5. The predicted molar refractivity (Wildman–Crippen MR) is 105 cm³/mol. The minimum absolute atomic E-state index is 0.208. The molecule has 0 unspecified atom stereocenters. The molecule has 0 radical (unpaired) electrons. The number of amides is 1. The van der Waals surface area contributed by atoms with Crippen LogP contribution in [0.1, 0.15) is 29.5 Å². The summed E-state index contributed by atoms with van der Waals surface area (Å²) in [5, 5.41) is 0. The zero-order chi connectivity index (χ0) is 18.8. The van der Waals surface area contributed by atoms with Gasteiger partial charge >= 0.3 is 0 Å². The summed E-state index contributed by atoms with van der Waals surface area (Å²) in [4.78, 5) is 18.8. The molecule has 2 atom stereocenters. The molecule has 5 nitrogen and oxygen atoms in total. The van der Waals surface area contributed by atoms with Gasteiger partial charge in [-0.15, -0.1) is 0 Å². The highest BCUT2D eigenvalue weighted by Gasteiger charge is 2.35. The third-order valence-corrected chi connectivity index (χ3v) is 5.99. The highest BCUT2D eigenvalue weighted by molar-refractivity contribution is 5.77. The van der Waals surface area contributed by atoms with Gasteiger partial charge in [0.2, 0.25) is 5.91 Å². The summed E-state index contributed by atoms with van der Waals surface area (Å²) in [5.74, 6) is 1.85. The molecule has 0 aliphatic carbocycles. The van der Waals surface area contributed by atoms with E-state index in [0.29, 0.717) is 18.5 Å². The van der Waals surface area contributed by atoms with Crippen LogP contribution in [-0.2, 0) is 11.3 Å². The van der Waals surface area contributed by atoms with Crippen LogP contribution in [0.5, 0.6) is 5.75 Å². The van der Waals surface area contributed by atoms with E-state index in [0.717, 1.165) is 31.9 Å². The number of aryl methyl sites for hydroxylation is 2. The summed E-state index contributed by atoms with van der Waals surface area (Å²) in [6.45, 7) is 9.03. The third kappa shape index (κ3) is 4.21. The van der Waals surface area contributed by atoms with E-state index < -0.39 is 0 Å². The van der Waals surface area contributed by atoms with Crippen LogP contribution < -0.4 is 4.74 Å². The van der Waals surface area contributed by atoms with Gasteiger partial charge in [-0.2, -0.15) is 0 Å². The lowest BCUT2D eigenvalue weighted by atomic mass is 9.94. The zero-order valence-corrected chi connectivity index (χ0v) is 16.9. The number of piperidine rings is 1. The Hall–Kier alpha value is -1.59. The first-order valence-corrected chi connectivity index (χ1v) is 9.68. The van der Waals surface area contributed by atoms with Gasteiger partial charge < -0.3 is 9.64 Å². The summed E-state index contributed by atoms with van der Waals surface area (Å²) in [6, 6.07) is 4.98. The Morgan fingerprint density at radius 3 is 2.62 bits per heavy atom. The largest absolute Gasteiger partial charge is 0.496 e. The van der Waals surface area contributed by atoms with E-state index in [9.17, 15) is 4.79 Å². The Morgan fingerprint density at radius 1 is 1.15 bits per heavy atom. The molecule has 0 spiro atoms. The number of methoxy groups -OCH3 is 1. The Labute approximate surface area is 157 Å². The van der Waals surface area contributed by atoms with Gasteiger partial charge in [-0.25, -0.2) is 0 Å². The number of hydrogen-bond donors (Lipinski definition) is 0. The molecule has 3 heterocycles. The van der Waals surface area contributed by atoms with Gasteiger partial charge in [-0.3, -0.25) is 14.6 Å². The summed E-state index contributed by atoms with van der Waals surface area (Å²) in [6.07, 6.45) is 2.53. The van der Waals surface area contributed by atoms with Gasteiger partial charge in [0.1, 0.15) is 5.75 Å². The Balaban J connectivity index is 1.71. The fourth-order valence-electron chi connectivity index (χ4n) is 4.39. The molecule has 3 fully saturated rings. The monoisotopic (exact) mass is 359 g/mol. The van der Waals surface area contributed by atoms with E-state index >= 15 is 0 Å². The number of fused-ring (bicyclic) bond motifs is 4. The molecule has 0 aromatic heterocycles. The minimum atomic E-state index is 0.208. The van der Waals surface area contributed by atoms with Crippen LogP contribution in [-0.4, -0.2) is 74.0 Å². The van der Waals surface area contributed by atoms with Crippen molar-refractivity contribution in [3.8, 4) is 5.75 Å². The second kappa shape index (κ2) is 7.97. The molecule has 144 valence electrons. The minimum Gasteiger partial charge on any atom is -0.496 e. The van der Waals surface area contributed by atoms with E-state index in [4.69, 9.17) is 4.74 Å². The van der Waals surface area contributed by atoms with Crippen molar-refractivity contribution in [2.75, 3.05) is 47.4 Å². The zero-order valence-electron chi connectivity index (χ0n) is 16.9. The molecule has 4 rings (SSSR count). The van der Waals surface area contributed by atoms with E-state index in [-0.39, 0.29) is 5.91 Å². The normalized spacial score (nSPS) is 23.7. The van der Waals surface area contributed by atoms with Gasteiger partial charge in [0.05, 0.1) is 13.7 Å². The van der Waals surface area contributed by atoms with Crippen molar-refractivity contribution in [2.45, 2.75) is 39.3 Å². The first kappa shape index (κ1) is 19.2. The fraction of sp³-hybridized carbons (Fsp3) is 0.667. The third-order valence-electron chi connectivity index (χ3n) is 5.99. The molecule has 1 amide bonds. The van der Waals surface area contributed by atoms with Gasteiger partial charge in [0.15, 0.2) is 0 Å². The number of hydrogen-bond acceptors (Lipinski definition) is 4. The van der Waals surface area contributed by atoms with Crippen molar-refractivity contribution in [1.29, 1.82) is 0 Å². The van der Waals surface area contributed by atoms with E-state index in [1.54, 1.807) is 12.0 Å². The number of carbonyl (C=O) groups is 1. The van der Waals surface area contributed by atoms with Crippen molar-refractivity contribution >= 4 is 5.91 Å². The highest BCUT2D eigenvalue weighted by Crippen LogP contribution is 2.31. The summed E-state index contributed by atoms with van der Waals surface area (Å²) >= 11 is 0. The number of likely N-dealkylation sites (N-methyl/N-ethyl adjacent to an activating group) is 1.